The number of nitrogens with zero attached hydrogens (tertiary/aromatic N) is 5. The Bertz CT molecular complexity index is 1480. The Morgan fingerprint density at radius 1 is 1.18 bits per heavy atom. The van der Waals surface area contributed by atoms with Gasteiger partial charge in [0.25, 0.3) is 5.56 Å². The summed E-state index contributed by atoms with van der Waals surface area (Å²) in [6.07, 6.45) is 1.33. The van der Waals surface area contributed by atoms with Crippen molar-refractivity contribution in [1.82, 2.24) is 29.0 Å². The lowest BCUT2D eigenvalue weighted by atomic mass is 10.1. The van der Waals surface area contributed by atoms with Crippen LogP contribution < -0.4 is 10.3 Å². The fourth-order valence-electron chi connectivity index (χ4n) is 3.85. The normalized spacial score (nSPS) is 17.2. The van der Waals surface area contributed by atoms with Crippen molar-refractivity contribution in [3.63, 3.8) is 0 Å². The van der Waals surface area contributed by atoms with Gasteiger partial charge in [0.05, 0.1) is 26.9 Å². The van der Waals surface area contributed by atoms with Crippen molar-refractivity contribution in [3.05, 3.63) is 34.2 Å². The van der Waals surface area contributed by atoms with E-state index in [1.807, 2.05) is 18.9 Å². The molecule has 3 heterocycles. The molecule has 0 bridgehead atoms. The number of sulfonamides is 1. The summed E-state index contributed by atoms with van der Waals surface area (Å²) in [6, 6.07) is -1.65. The zero-order chi connectivity index (χ0) is 26.4. The molecule has 1 aliphatic heterocycles. The summed E-state index contributed by atoms with van der Waals surface area (Å²) in [5.74, 6) is -0.275. The van der Waals surface area contributed by atoms with Gasteiger partial charge in [0.1, 0.15) is 17.1 Å². The van der Waals surface area contributed by atoms with Crippen molar-refractivity contribution >= 4 is 21.1 Å². The number of benzene rings is 1. The summed E-state index contributed by atoms with van der Waals surface area (Å²) < 4.78 is 61.4. The summed E-state index contributed by atoms with van der Waals surface area (Å²) >= 11 is 0. The quantitative estimate of drug-likeness (QED) is 0.550. The van der Waals surface area contributed by atoms with E-state index in [1.165, 1.54) is 8.99 Å². The molecule has 0 unspecified atom stereocenters. The molecule has 3 aromatic rings. The Hall–Kier alpha value is -2.76. The van der Waals surface area contributed by atoms with Gasteiger partial charge < -0.3 is 14.6 Å². The summed E-state index contributed by atoms with van der Waals surface area (Å²) in [4.78, 5) is 21.6. The molecular weight excluding hydrogens is 444 g/mol. The second-order valence-electron chi connectivity index (χ2n) is 7.98. The molecule has 1 aromatic carbocycles. The molecule has 2 aromatic heterocycles. The third kappa shape index (κ3) is 4.40. The van der Waals surface area contributed by atoms with Crippen LogP contribution in [0.1, 0.15) is 30.1 Å². The van der Waals surface area contributed by atoms with Gasteiger partial charge in [0.15, 0.2) is 5.52 Å². The van der Waals surface area contributed by atoms with Crippen molar-refractivity contribution in [2.75, 3.05) is 39.8 Å². The molecule has 0 aliphatic carbocycles. The molecule has 0 atom stereocenters. The minimum absolute atomic E-state index is 0.1000. The number of hydrogen-bond donors (Lipinski definition) is 1. The highest BCUT2D eigenvalue weighted by Crippen LogP contribution is 2.32. The maximum absolute atomic E-state index is 13.6. The average Bonchev–Trinajstić information content (AvgIpc) is 3.13. The molecule has 0 amide bonds. The van der Waals surface area contributed by atoms with E-state index in [0.29, 0.717) is 30.7 Å². The standard InChI is InChI=1S/C22H30N6O4S/c1-5-7-17-19-20(27(4)25-17)22(29)24-21(23-19)16-14-15(8-9-18(16)32-6-2)33(30,31)28-12-10-26(3)11-13-28/h8-9,14H,5-7,10-13H2,1-4H3,(H,23,24,29)/i8D,9D,14D. The van der Waals surface area contributed by atoms with E-state index in [4.69, 9.17) is 8.85 Å². The van der Waals surface area contributed by atoms with Crippen molar-refractivity contribution in [1.29, 1.82) is 0 Å². The Morgan fingerprint density at radius 3 is 2.58 bits per heavy atom. The van der Waals surface area contributed by atoms with E-state index in [1.54, 1.807) is 14.0 Å². The van der Waals surface area contributed by atoms with Crippen LogP contribution in [0.15, 0.2) is 27.8 Å². The van der Waals surface area contributed by atoms with Gasteiger partial charge in [-0.3, -0.25) is 9.48 Å². The number of likely N-dealkylation sites (N-methyl/N-ethyl adjacent to an activating group) is 1. The van der Waals surface area contributed by atoms with Crippen LogP contribution in [0.2, 0.25) is 0 Å². The molecule has 1 N–H and O–H groups in total. The maximum Gasteiger partial charge on any atom is 0.277 e. The molecule has 1 fully saturated rings. The second kappa shape index (κ2) is 9.24. The first-order valence-corrected chi connectivity index (χ1v) is 12.4. The van der Waals surface area contributed by atoms with Gasteiger partial charge in [-0.1, -0.05) is 13.3 Å². The van der Waals surface area contributed by atoms with Crippen molar-refractivity contribution < 1.29 is 17.3 Å². The van der Waals surface area contributed by atoms with Crippen LogP contribution in [0.3, 0.4) is 0 Å². The Morgan fingerprint density at radius 2 is 1.91 bits per heavy atom. The Kier molecular flexibility index (Phi) is 5.51. The maximum atomic E-state index is 13.6. The van der Waals surface area contributed by atoms with Crippen molar-refractivity contribution in [3.8, 4) is 17.1 Å². The van der Waals surface area contributed by atoms with Gasteiger partial charge in [-0.25, -0.2) is 13.4 Å². The number of piperazine rings is 1. The number of ether oxygens (including phenoxy) is 1. The first kappa shape index (κ1) is 19.7. The summed E-state index contributed by atoms with van der Waals surface area (Å²) in [6.45, 7) is 5.15. The highest BCUT2D eigenvalue weighted by Gasteiger charge is 2.29. The molecule has 0 saturated carbocycles. The zero-order valence-electron chi connectivity index (χ0n) is 22.2. The smallest absolute Gasteiger partial charge is 0.277 e. The number of rotatable bonds is 7. The molecule has 10 nitrogen and oxygen atoms in total. The van der Waals surface area contributed by atoms with Crippen LogP contribution in [0.25, 0.3) is 22.4 Å². The second-order valence-corrected chi connectivity index (χ2v) is 9.86. The number of aryl methyl sites for hydroxylation is 2. The molecule has 33 heavy (non-hydrogen) atoms. The minimum atomic E-state index is -4.28. The number of H-pyrrole nitrogens is 1. The van der Waals surface area contributed by atoms with E-state index >= 15 is 0 Å². The van der Waals surface area contributed by atoms with Crippen LogP contribution in [0.5, 0.6) is 5.75 Å². The lowest BCUT2D eigenvalue weighted by Gasteiger charge is -2.31. The summed E-state index contributed by atoms with van der Waals surface area (Å²) in [7, 11) is -0.756. The first-order valence-electron chi connectivity index (χ1n) is 12.4. The van der Waals surface area contributed by atoms with E-state index < -0.39 is 38.6 Å². The van der Waals surface area contributed by atoms with Crippen LogP contribution in [0, 0.1) is 0 Å². The summed E-state index contributed by atoms with van der Waals surface area (Å²) in [5, 5.41) is 4.39. The summed E-state index contributed by atoms with van der Waals surface area (Å²) in [5.41, 5.74) is 0.528. The third-order valence-corrected chi connectivity index (χ3v) is 7.36. The third-order valence-electron chi connectivity index (χ3n) is 5.59. The van der Waals surface area contributed by atoms with Crippen molar-refractivity contribution in [2.24, 2.45) is 7.05 Å². The average molecular weight is 478 g/mol. The highest BCUT2D eigenvalue weighted by molar-refractivity contribution is 7.89. The SMILES string of the molecule is [2H]c1c([2H])c(S(=O)(=O)N2CCN(C)CC2)c([2H])c(-c2nc3c(CCC)nn(C)c3c(=O)[nH]2)c1OCC. The molecule has 178 valence electrons. The Balaban J connectivity index is 2.02. The van der Waals surface area contributed by atoms with Gasteiger partial charge in [0.2, 0.25) is 10.0 Å². The van der Waals surface area contributed by atoms with Gasteiger partial charge >= 0.3 is 0 Å². The lowest BCUT2D eigenvalue weighted by molar-refractivity contribution is 0.222. The molecule has 1 saturated heterocycles. The fourth-order valence-corrected chi connectivity index (χ4v) is 5.17. The monoisotopic (exact) mass is 477 g/mol. The van der Waals surface area contributed by atoms with Crippen LogP contribution in [-0.4, -0.2) is 77.2 Å². The van der Waals surface area contributed by atoms with Gasteiger partial charge in [-0.15, -0.1) is 0 Å². The van der Waals surface area contributed by atoms with Crippen molar-refractivity contribution in [2.45, 2.75) is 31.6 Å². The predicted octanol–water partition coefficient (Wildman–Crippen LogP) is 1.61. The van der Waals surface area contributed by atoms with Gasteiger partial charge in [-0.2, -0.15) is 9.40 Å². The highest BCUT2D eigenvalue weighted by atomic mass is 32.2. The molecule has 11 heteroatoms. The van der Waals surface area contributed by atoms with Gasteiger partial charge in [0, 0.05) is 33.2 Å². The number of fused-ring (bicyclic) bond motifs is 1. The minimum Gasteiger partial charge on any atom is -0.493 e. The van der Waals surface area contributed by atoms with E-state index in [0.717, 1.165) is 6.42 Å². The molecule has 0 spiro atoms. The predicted molar refractivity (Wildman–Crippen MR) is 126 cm³/mol. The van der Waals surface area contributed by atoms with E-state index in [-0.39, 0.29) is 42.4 Å². The van der Waals surface area contributed by atoms with Crippen LogP contribution in [-0.2, 0) is 23.5 Å². The van der Waals surface area contributed by atoms with E-state index in [9.17, 15) is 13.2 Å². The number of aromatic amines is 1. The van der Waals surface area contributed by atoms with Crippen LogP contribution in [0.4, 0.5) is 0 Å². The molecule has 1 aliphatic rings. The Labute approximate surface area is 197 Å². The number of nitrogens with one attached hydrogen (secondary N) is 1. The zero-order valence-corrected chi connectivity index (χ0v) is 20.0. The molecule has 4 rings (SSSR count). The topological polar surface area (TPSA) is 113 Å². The largest absolute Gasteiger partial charge is 0.493 e. The molecular formula is C22H30N6O4S. The number of hydrogen-bond acceptors (Lipinski definition) is 7. The molecule has 0 radical (unpaired) electrons. The fraction of sp³-hybridized carbons (Fsp3) is 0.500. The first-order chi connectivity index (χ1) is 17.0. The number of aromatic nitrogens is 4. The van der Waals surface area contributed by atoms with Crippen LogP contribution >= 0.6 is 0 Å². The lowest BCUT2D eigenvalue weighted by Crippen LogP contribution is -2.47. The van der Waals surface area contributed by atoms with E-state index in [2.05, 4.69) is 15.1 Å². The van der Waals surface area contributed by atoms with Gasteiger partial charge in [-0.05, 0) is 38.5 Å².